The van der Waals surface area contributed by atoms with Gasteiger partial charge in [0.15, 0.2) is 0 Å². The van der Waals surface area contributed by atoms with E-state index in [1.165, 1.54) is 5.39 Å². The second kappa shape index (κ2) is 6.09. The summed E-state index contributed by atoms with van der Waals surface area (Å²) < 4.78 is 2.07. The molecule has 0 unspecified atom stereocenters. The van der Waals surface area contributed by atoms with Crippen LogP contribution in [0, 0.1) is 0 Å². The van der Waals surface area contributed by atoms with Gasteiger partial charge in [-0.05, 0) is 23.4 Å². The summed E-state index contributed by atoms with van der Waals surface area (Å²) in [5.74, 6) is 1.01. The molecule has 0 spiro atoms. The second-order valence-electron chi connectivity index (χ2n) is 6.05. The van der Waals surface area contributed by atoms with Crippen LogP contribution in [-0.2, 0) is 13.2 Å². The summed E-state index contributed by atoms with van der Waals surface area (Å²) in [6, 6.07) is 10.3. The van der Waals surface area contributed by atoms with Crippen LogP contribution in [0.2, 0.25) is 0 Å². The van der Waals surface area contributed by atoms with Crippen molar-refractivity contribution < 1.29 is 5.11 Å². The molecular formula is C19H20N4O. The highest BCUT2D eigenvalue weighted by molar-refractivity contribution is 6.27. The molecule has 0 atom stereocenters. The van der Waals surface area contributed by atoms with E-state index in [2.05, 4.69) is 39.7 Å². The van der Waals surface area contributed by atoms with Crippen LogP contribution in [0.3, 0.4) is 0 Å². The molecule has 122 valence electrons. The lowest BCUT2D eigenvalue weighted by Gasteiger charge is -2.14. The molecule has 5 heteroatoms. The van der Waals surface area contributed by atoms with Gasteiger partial charge in [-0.1, -0.05) is 24.3 Å². The number of aryl methyl sites for hydroxylation is 1. The Labute approximate surface area is 140 Å². The zero-order valence-corrected chi connectivity index (χ0v) is 13.7. The number of hydrogen-bond acceptors (Lipinski definition) is 3. The van der Waals surface area contributed by atoms with Crippen molar-refractivity contribution in [1.82, 2.24) is 9.55 Å². The Bertz CT molecular complexity index is 899. The van der Waals surface area contributed by atoms with E-state index < -0.39 is 0 Å². The Morgan fingerprint density at radius 2 is 2.12 bits per heavy atom. The smallest absolute Gasteiger partial charge is 0.135 e. The van der Waals surface area contributed by atoms with Gasteiger partial charge in [-0.3, -0.25) is 4.99 Å². The molecule has 2 aromatic carbocycles. The predicted molar refractivity (Wildman–Crippen MR) is 96.5 cm³/mol. The van der Waals surface area contributed by atoms with Crippen LogP contribution in [0.25, 0.3) is 10.8 Å². The van der Waals surface area contributed by atoms with Crippen LogP contribution in [-0.4, -0.2) is 34.1 Å². The van der Waals surface area contributed by atoms with Gasteiger partial charge < -0.3 is 14.6 Å². The topological polar surface area (TPSA) is 53.7 Å². The fraction of sp³-hybridized carbons (Fsp3) is 0.263. The van der Waals surface area contributed by atoms with Gasteiger partial charge >= 0.3 is 0 Å². The maximum Gasteiger partial charge on any atom is 0.135 e. The van der Waals surface area contributed by atoms with Gasteiger partial charge in [0.1, 0.15) is 5.84 Å². The summed E-state index contributed by atoms with van der Waals surface area (Å²) in [5.41, 5.74) is 3.28. The molecule has 5 nitrogen and oxygen atoms in total. The third-order valence-electron chi connectivity index (χ3n) is 4.59. The predicted octanol–water partition coefficient (Wildman–Crippen LogP) is 2.82. The number of rotatable bonds is 5. The molecule has 3 aromatic rings. The largest absolute Gasteiger partial charge is 0.392 e. The highest BCUT2D eigenvalue weighted by atomic mass is 16.3. The number of nitrogens with zero attached hydrogens (tertiary/aromatic N) is 4. The van der Waals surface area contributed by atoms with Crippen LogP contribution < -0.4 is 4.90 Å². The van der Waals surface area contributed by atoms with Crippen molar-refractivity contribution >= 4 is 22.3 Å². The van der Waals surface area contributed by atoms with Gasteiger partial charge in [0.2, 0.25) is 0 Å². The van der Waals surface area contributed by atoms with Crippen molar-refractivity contribution in [2.24, 2.45) is 4.99 Å². The highest BCUT2D eigenvalue weighted by Crippen LogP contribution is 2.38. The monoisotopic (exact) mass is 320 g/mol. The molecule has 0 aliphatic carbocycles. The molecule has 0 saturated heterocycles. The molecule has 1 aliphatic rings. The Morgan fingerprint density at radius 1 is 1.21 bits per heavy atom. The number of amidine groups is 1. The number of imidazole rings is 1. The van der Waals surface area contributed by atoms with Gasteiger partial charge in [-0.25, -0.2) is 4.98 Å². The molecule has 0 saturated carbocycles. The van der Waals surface area contributed by atoms with Crippen LogP contribution in [0.15, 0.2) is 54.0 Å². The third kappa shape index (κ3) is 2.37. The van der Waals surface area contributed by atoms with Gasteiger partial charge in [0.25, 0.3) is 0 Å². The average Bonchev–Trinajstić information content (AvgIpc) is 3.21. The molecule has 1 aliphatic heterocycles. The number of hydrogen-bond donors (Lipinski definition) is 1. The van der Waals surface area contributed by atoms with Crippen LogP contribution in [0.1, 0.15) is 17.5 Å². The van der Waals surface area contributed by atoms with Crippen molar-refractivity contribution in [3.8, 4) is 0 Å². The number of aliphatic hydroxyl groups is 1. The van der Waals surface area contributed by atoms with Crippen molar-refractivity contribution in [3.05, 3.63) is 60.2 Å². The van der Waals surface area contributed by atoms with Crippen molar-refractivity contribution in [1.29, 1.82) is 0 Å². The third-order valence-corrected chi connectivity index (χ3v) is 4.59. The summed E-state index contributed by atoms with van der Waals surface area (Å²) in [7, 11) is 2.06. The minimum Gasteiger partial charge on any atom is -0.392 e. The first-order valence-corrected chi connectivity index (χ1v) is 8.19. The van der Waals surface area contributed by atoms with Gasteiger partial charge in [0.05, 0.1) is 18.6 Å². The van der Waals surface area contributed by atoms with E-state index in [0.717, 1.165) is 47.5 Å². The molecule has 24 heavy (non-hydrogen) atoms. The maximum atomic E-state index is 9.58. The van der Waals surface area contributed by atoms with E-state index in [4.69, 9.17) is 4.99 Å². The summed E-state index contributed by atoms with van der Waals surface area (Å²) in [6.45, 7) is 1.75. The first kappa shape index (κ1) is 14.9. The highest BCUT2D eigenvalue weighted by Gasteiger charge is 2.25. The summed E-state index contributed by atoms with van der Waals surface area (Å²) in [4.78, 5) is 11.1. The van der Waals surface area contributed by atoms with Crippen molar-refractivity contribution in [2.75, 3.05) is 18.5 Å². The quantitative estimate of drug-likeness (QED) is 0.736. The van der Waals surface area contributed by atoms with Crippen LogP contribution >= 0.6 is 0 Å². The second-order valence-corrected chi connectivity index (χ2v) is 6.05. The molecule has 0 bridgehead atoms. The van der Waals surface area contributed by atoms with Crippen molar-refractivity contribution in [2.45, 2.75) is 19.6 Å². The average molecular weight is 320 g/mol. The molecule has 2 heterocycles. The summed E-state index contributed by atoms with van der Waals surface area (Å²) in [6.07, 6.45) is 6.58. The fourth-order valence-corrected chi connectivity index (χ4v) is 3.40. The van der Waals surface area contributed by atoms with E-state index >= 15 is 0 Å². The lowest BCUT2D eigenvalue weighted by molar-refractivity contribution is 0.283. The summed E-state index contributed by atoms with van der Waals surface area (Å²) in [5, 5.41) is 11.9. The summed E-state index contributed by atoms with van der Waals surface area (Å²) >= 11 is 0. The maximum absolute atomic E-state index is 9.58. The standard InChI is InChI=1S/C19H20N4O/c1-22-17-7-6-14(12-24)15-4-2-5-16(18(15)17)19(22)21-8-3-10-23-11-9-20-13-23/h2,4-7,9,11,13,24H,3,8,10,12H2,1H3. The Morgan fingerprint density at radius 3 is 2.92 bits per heavy atom. The molecule has 0 radical (unpaired) electrons. The number of aliphatic hydroxyl groups excluding tert-OH is 1. The van der Waals surface area contributed by atoms with Gasteiger partial charge in [0, 0.05) is 43.5 Å². The van der Waals surface area contributed by atoms with E-state index in [1.807, 2.05) is 24.7 Å². The SMILES string of the molecule is CN1C(=NCCCn2ccnc2)c2cccc3c(CO)ccc1c23. The van der Waals surface area contributed by atoms with E-state index in [0.29, 0.717) is 0 Å². The van der Waals surface area contributed by atoms with E-state index in [9.17, 15) is 5.11 Å². The number of benzene rings is 2. The van der Waals surface area contributed by atoms with Crippen LogP contribution in [0.5, 0.6) is 0 Å². The molecule has 4 rings (SSSR count). The molecule has 1 N–H and O–H groups in total. The van der Waals surface area contributed by atoms with Crippen molar-refractivity contribution in [3.63, 3.8) is 0 Å². The minimum atomic E-state index is 0.0569. The van der Waals surface area contributed by atoms with Crippen LogP contribution in [0.4, 0.5) is 5.69 Å². The Balaban J connectivity index is 1.63. The van der Waals surface area contributed by atoms with E-state index in [-0.39, 0.29) is 6.61 Å². The first-order valence-electron chi connectivity index (χ1n) is 8.19. The Kier molecular flexibility index (Phi) is 3.78. The molecule has 1 aromatic heterocycles. The van der Waals surface area contributed by atoms with Gasteiger partial charge in [-0.15, -0.1) is 0 Å². The zero-order valence-electron chi connectivity index (χ0n) is 13.7. The lowest BCUT2D eigenvalue weighted by atomic mass is 10.0. The molecule has 0 amide bonds. The lowest BCUT2D eigenvalue weighted by Crippen LogP contribution is -2.22. The van der Waals surface area contributed by atoms with E-state index in [1.54, 1.807) is 6.20 Å². The zero-order chi connectivity index (χ0) is 16.5. The number of aromatic nitrogens is 2. The minimum absolute atomic E-state index is 0.0569. The fourth-order valence-electron chi connectivity index (χ4n) is 3.40. The number of anilines is 1. The Hall–Kier alpha value is -2.66. The first-order chi connectivity index (χ1) is 11.8. The van der Waals surface area contributed by atoms with Gasteiger partial charge in [-0.2, -0.15) is 0 Å². The number of aliphatic imine (C=N–C) groups is 1. The molecular weight excluding hydrogens is 300 g/mol. The normalized spacial score (nSPS) is 14.9. The molecule has 0 fully saturated rings.